The molecule has 1 rings (SSSR count). The molecule has 0 saturated carbocycles. The molecule has 0 fully saturated rings. The summed E-state index contributed by atoms with van der Waals surface area (Å²) in [5.74, 6) is 1.15. The van der Waals surface area contributed by atoms with Crippen LogP contribution in [0, 0.1) is 0 Å². The molecule has 0 spiro atoms. The summed E-state index contributed by atoms with van der Waals surface area (Å²) in [7, 11) is 0. The van der Waals surface area contributed by atoms with Crippen molar-refractivity contribution in [3.63, 3.8) is 0 Å². The summed E-state index contributed by atoms with van der Waals surface area (Å²) in [6.07, 6.45) is 5.28. The molecule has 1 nitrogen and oxygen atoms in total. The number of thioether (sulfide) groups is 1. The summed E-state index contributed by atoms with van der Waals surface area (Å²) in [5.41, 5.74) is 0. The second-order valence-corrected chi connectivity index (χ2v) is 6.41. The summed E-state index contributed by atoms with van der Waals surface area (Å²) < 4.78 is 1.21. The quantitative estimate of drug-likeness (QED) is 0.499. The Balaban J connectivity index is 2.39. The highest BCUT2D eigenvalue weighted by molar-refractivity contribution is 9.10. The van der Waals surface area contributed by atoms with E-state index in [4.69, 9.17) is 0 Å². The fourth-order valence-electron chi connectivity index (χ4n) is 1.93. The molecule has 18 heavy (non-hydrogen) atoms. The number of unbranched alkanes of at least 4 members (excludes halogenated alkanes) is 2. The first kappa shape index (κ1) is 16.1. The molecule has 0 bridgehead atoms. The standard InChI is InChI=1S/C15H24BrNS/c1-3-5-6-9-13(17-4-2)12-18-15-11-8-7-10-14(15)16/h7-8,10-11,13,17H,3-6,9,12H2,1-2H3. The predicted molar refractivity (Wildman–Crippen MR) is 86.5 cm³/mol. The average molecular weight is 330 g/mol. The Kier molecular flexibility index (Phi) is 8.82. The fourth-order valence-corrected chi connectivity index (χ4v) is 3.60. The minimum Gasteiger partial charge on any atom is -0.313 e. The van der Waals surface area contributed by atoms with Gasteiger partial charge in [0, 0.05) is 21.2 Å². The van der Waals surface area contributed by atoms with E-state index < -0.39 is 0 Å². The third-order valence-corrected chi connectivity index (χ3v) is 5.12. The van der Waals surface area contributed by atoms with Gasteiger partial charge in [0.25, 0.3) is 0 Å². The van der Waals surface area contributed by atoms with Crippen LogP contribution in [0.15, 0.2) is 33.6 Å². The maximum Gasteiger partial charge on any atom is 0.0311 e. The molecular formula is C15H24BrNS. The minimum absolute atomic E-state index is 0.638. The molecule has 0 aromatic heterocycles. The van der Waals surface area contributed by atoms with Gasteiger partial charge in [-0.3, -0.25) is 0 Å². The zero-order valence-electron chi connectivity index (χ0n) is 11.4. The average Bonchev–Trinajstić information content (AvgIpc) is 2.38. The van der Waals surface area contributed by atoms with Crippen LogP contribution in [0.2, 0.25) is 0 Å². The van der Waals surface area contributed by atoms with Crippen molar-refractivity contribution in [1.82, 2.24) is 5.32 Å². The molecule has 0 radical (unpaired) electrons. The zero-order chi connectivity index (χ0) is 13.2. The maximum atomic E-state index is 3.61. The van der Waals surface area contributed by atoms with Gasteiger partial charge in [-0.05, 0) is 41.0 Å². The van der Waals surface area contributed by atoms with Crippen LogP contribution in [0.5, 0.6) is 0 Å². The van der Waals surface area contributed by atoms with E-state index in [1.165, 1.54) is 35.1 Å². The molecule has 0 amide bonds. The van der Waals surface area contributed by atoms with Crippen LogP contribution in [-0.4, -0.2) is 18.3 Å². The number of halogens is 1. The van der Waals surface area contributed by atoms with Crippen molar-refractivity contribution in [2.24, 2.45) is 0 Å². The van der Waals surface area contributed by atoms with E-state index in [1.54, 1.807) is 0 Å². The van der Waals surface area contributed by atoms with Crippen molar-refractivity contribution in [2.45, 2.75) is 50.5 Å². The molecule has 0 aliphatic carbocycles. The van der Waals surface area contributed by atoms with E-state index >= 15 is 0 Å². The van der Waals surface area contributed by atoms with E-state index in [0.717, 1.165) is 12.3 Å². The van der Waals surface area contributed by atoms with Gasteiger partial charge < -0.3 is 5.32 Å². The Hall–Kier alpha value is 0.01000. The van der Waals surface area contributed by atoms with Gasteiger partial charge in [0.2, 0.25) is 0 Å². The van der Waals surface area contributed by atoms with Crippen LogP contribution in [-0.2, 0) is 0 Å². The van der Waals surface area contributed by atoms with Gasteiger partial charge in [-0.15, -0.1) is 11.8 Å². The first-order valence-corrected chi connectivity index (χ1v) is 8.66. The first-order valence-electron chi connectivity index (χ1n) is 6.88. The Morgan fingerprint density at radius 2 is 2.00 bits per heavy atom. The van der Waals surface area contributed by atoms with E-state index in [-0.39, 0.29) is 0 Å². The predicted octanol–water partition coefficient (Wildman–Crippen LogP) is 5.10. The molecule has 1 N–H and O–H groups in total. The summed E-state index contributed by atoms with van der Waals surface area (Å²) in [6.45, 7) is 5.52. The van der Waals surface area contributed by atoms with E-state index in [0.29, 0.717) is 6.04 Å². The Morgan fingerprint density at radius 1 is 1.22 bits per heavy atom. The highest BCUT2D eigenvalue weighted by Gasteiger charge is 2.08. The maximum absolute atomic E-state index is 3.61. The van der Waals surface area contributed by atoms with Crippen LogP contribution in [0.25, 0.3) is 0 Å². The summed E-state index contributed by atoms with van der Waals surface area (Å²) in [6, 6.07) is 9.10. The van der Waals surface area contributed by atoms with E-state index in [1.807, 2.05) is 11.8 Å². The third-order valence-electron chi connectivity index (χ3n) is 2.93. The Bertz CT molecular complexity index is 330. The Morgan fingerprint density at radius 3 is 2.67 bits per heavy atom. The van der Waals surface area contributed by atoms with Crippen molar-refractivity contribution < 1.29 is 0 Å². The molecule has 3 heteroatoms. The molecular weight excluding hydrogens is 306 g/mol. The largest absolute Gasteiger partial charge is 0.313 e. The van der Waals surface area contributed by atoms with Crippen LogP contribution in [0.3, 0.4) is 0 Å². The first-order chi connectivity index (χ1) is 8.77. The zero-order valence-corrected chi connectivity index (χ0v) is 13.8. The molecule has 0 aliphatic rings. The Labute approximate surface area is 124 Å². The van der Waals surface area contributed by atoms with Crippen molar-refractivity contribution in [1.29, 1.82) is 0 Å². The topological polar surface area (TPSA) is 12.0 Å². The second kappa shape index (κ2) is 9.88. The molecule has 0 saturated heterocycles. The van der Waals surface area contributed by atoms with Gasteiger partial charge in [0.1, 0.15) is 0 Å². The third kappa shape index (κ3) is 6.26. The van der Waals surface area contributed by atoms with Crippen molar-refractivity contribution >= 4 is 27.7 Å². The number of hydrogen-bond acceptors (Lipinski definition) is 2. The number of nitrogens with one attached hydrogen (secondary N) is 1. The van der Waals surface area contributed by atoms with Gasteiger partial charge in [-0.1, -0.05) is 45.2 Å². The van der Waals surface area contributed by atoms with Crippen molar-refractivity contribution in [3.05, 3.63) is 28.7 Å². The lowest BCUT2D eigenvalue weighted by molar-refractivity contribution is 0.506. The molecule has 1 aromatic carbocycles. The smallest absolute Gasteiger partial charge is 0.0311 e. The van der Waals surface area contributed by atoms with Gasteiger partial charge >= 0.3 is 0 Å². The number of hydrogen-bond donors (Lipinski definition) is 1. The van der Waals surface area contributed by atoms with Gasteiger partial charge in [0.15, 0.2) is 0 Å². The highest BCUT2D eigenvalue weighted by atomic mass is 79.9. The minimum atomic E-state index is 0.638. The summed E-state index contributed by atoms with van der Waals surface area (Å²) >= 11 is 5.55. The van der Waals surface area contributed by atoms with Crippen LogP contribution < -0.4 is 5.32 Å². The van der Waals surface area contributed by atoms with Gasteiger partial charge in [-0.25, -0.2) is 0 Å². The monoisotopic (exact) mass is 329 g/mol. The number of benzene rings is 1. The van der Waals surface area contributed by atoms with Crippen LogP contribution >= 0.6 is 27.7 Å². The molecule has 1 unspecified atom stereocenters. The van der Waals surface area contributed by atoms with E-state index in [9.17, 15) is 0 Å². The highest BCUT2D eigenvalue weighted by Crippen LogP contribution is 2.28. The lowest BCUT2D eigenvalue weighted by atomic mass is 10.1. The molecule has 1 atom stereocenters. The fraction of sp³-hybridized carbons (Fsp3) is 0.600. The number of rotatable bonds is 9. The second-order valence-electron chi connectivity index (χ2n) is 4.49. The SMILES string of the molecule is CCCCCC(CSc1ccccc1Br)NCC. The molecule has 0 heterocycles. The lowest BCUT2D eigenvalue weighted by Crippen LogP contribution is -2.31. The molecule has 1 aromatic rings. The molecule has 0 aliphatic heterocycles. The van der Waals surface area contributed by atoms with Crippen LogP contribution in [0.4, 0.5) is 0 Å². The summed E-state index contributed by atoms with van der Waals surface area (Å²) in [4.78, 5) is 1.34. The van der Waals surface area contributed by atoms with Crippen molar-refractivity contribution in [2.75, 3.05) is 12.3 Å². The van der Waals surface area contributed by atoms with Gasteiger partial charge in [0.05, 0.1) is 0 Å². The van der Waals surface area contributed by atoms with Crippen molar-refractivity contribution in [3.8, 4) is 0 Å². The molecule has 102 valence electrons. The summed E-state index contributed by atoms with van der Waals surface area (Å²) in [5, 5.41) is 3.60. The van der Waals surface area contributed by atoms with Crippen LogP contribution in [0.1, 0.15) is 39.5 Å². The van der Waals surface area contributed by atoms with E-state index in [2.05, 4.69) is 59.4 Å². The lowest BCUT2D eigenvalue weighted by Gasteiger charge is -2.17. The van der Waals surface area contributed by atoms with Gasteiger partial charge in [-0.2, -0.15) is 0 Å². The normalized spacial score (nSPS) is 12.6.